The van der Waals surface area contributed by atoms with Crippen LogP contribution in [0, 0.1) is 12.7 Å². The van der Waals surface area contributed by atoms with Crippen molar-refractivity contribution in [2.45, 2.75) is 44.8 Å². The van der Waals surface area contributed by atoms with Gasteiger partial charge in [0.15, 0.2) is 0 Å². The van der Waals surface area contributed by atoms with E-state index in [2.05, 4.69) is 9.72 Å². The van der Waals surface area contributed by atoms with Gasteiger partial charge in [0.25, 0.3) is 5.92 Å². The maximum Gasteiger partial charge on any atom is 0.573 e. The molecule has 262 valence electrons. The predicted molar refractivity (Wildman–Crippen MR) is 168 cm³/mol. The Hall–Kier alpha value is -5.47. The van der Waals surface area contributed by atoms with Gasteiger partial charge in [-0.05, 0) is 73.0 Å². The predicted octanol–water partition coefficient (Wildman–Crippen LogP) is 8.01. The smallest absolute Gasteiger partial charge is 0.496 e. The lowest BCUT2D eigenvalue weighted by Crippen LogP contribution is -2.56. The zero-order chi connectivity index (χ0) is 36.1. The number of carbonyl (C=O) groups excluding carboxylic acids is 1. The Bertz CT molecular complexity index is 1980. The summed E-state index contributed by atoms with van der Waals surface area (Å²) in [6, 6.07) is 14.3. The lowest BCUT2D eigenvalue weighted by Gasteiger charge is -2.39. The number of aromatic nitrogens is 1. The van der Waals surface area contributed by atoms with Crippen LogP contribution in [0.15, 0.2) is 66.7 Å². The average molecular weight is 702 g/mol. The Kier molecular flexibility index (Phi) is 8.78. The van der Waals surface area contributed by atoms with E-state index in [-0.39, 0.29) is 40.5 Å². The quantitative estimate of drug-likeness (QED) is 0.175. The van der Waals surface area contributed by atoms with Crippen LogP contribution in [0.25, 0.3) is 22.3 Å². The molecule has 50 heavy (non-hydrogen) atoms. The summed E-state index contributed by atoms with van der Waals surface area (Å²) in [4.78, 5) is 32.1. The maximum atomic E-state index is 15.6. The number of aromatic carboxylic acids is 1. The normalized spacial score (nSPS) is 18.5. The van der Waals surface area contributed by atoms with Crippen molar-refractivity contribution in [1.29, 1.82) is 0 Å². The van der Waals surface area contributed by atoms with Crippen molar-refractivity contribution in [2.75, 3.05) is 25.1 Å². The molecule has 2 atom stereocenters. The standard InChI is InChI=1S/C35H29F6N3O6/c1-18-11-21(32(45)46)7-8-23(18)25-13-26(29(48-3)14-27(25)36)24-9-10-30(43-16-34(37,38)17-43)42-28(24)15-44-19(2)31(49-33(44)47)20-5-4-6-22(12-20)50-35(39,40)41/h4-14,19,31H,15-17H2,1-3H3,(H,45,46). The first-order valence-electron chi connectivity index (χ1n) is 15.2. The van der Waals surface area contributed by atoms with E-state index in [1.54, 1.807) is 19.9 Å². The monoisotopic (exact) mass is 701 g/mol. The number of nitrogens with zero attached hydrogens (tertiary/aromatic N) is 3. The molecule has 2 saturated heterocycles. The molecule has 1 N–H and O–H groups in total. The Labute approximate surface area is 281 Å². The average Bonchev–Trinajstić information content (AvgIpc) is 3.31. The third-order valence-electron chi connectivity index (χ3n) is 8.60. The molecule has 4 aromatic rings. The Balaban J connectivity index is 1.40. The minimum atomic E-state index is -4.93. The van der Waals surface area contributed by atoms with Gasteiger partial charge in [0.05, 0.1) is 44.0 Å². The third-order valence-corrected chi connectivity index (χ3v) is 8.60. The fraction of sp³-hybridized carbons (Fsp3) is 0.286. The second-order valence-electron chi connectivity index (χ2n) is 12.0. The van der Waals surface area contributed by atoms with Crippen LogP contribution in [0.4, 0.5) is 37.0 Å². The molecule has 0 aliphatic carbocycles. The number of alkyl halides is 5. The molecule has 2 unspecified atom stereocenters. The first kappa shape index (κ1) is 34.4. The second kappa shape index (κ2) is 12.8. The topological polar surface area (TPSA) is 101 Å². The van der Waals surface area contributed by atoms with Gasteiger partial charge < -0.3 is 24.2 Å². The van der Waals surface area contributed by atoms with E-state index in [1.165, 1.54) is 59.4 Å². The van der Waals surface area contributed by atoms with E-state index >= 15 is 4.39 Å². The molecule has 0 radical (unpaired) electrons. The van der Waals surface area contributed by atoms with Gasteiger partial charge in [0, 0.05) is 22.8 Å². The van der Waals surface area contributed by atoms with Crippen molar-refractivity contribution >= 4 is 17.9 Å². The van der Waals surface area contributed by atoms with Crippen LogP contribution in [-0.2, 0) is 11.3 Å². The molecule has 6 rings (SSSR count). The Morgan fingerprint density at radius 2 is 1.74 bits per heavy atom. The van der Waals surface area contributed by atoms with Gasteiger partial charge in [-0.25, -0.2) is 27.7 Å². The van der Waals surface area contributed by atoms with Crippen molar-refractivity contribution in [1.82, 2.24) is 9.88 Å². The van der Waals surface area contributed by atoms with E-state index < -0.39 is 61.1 Å². The number of cyclic esters (lactones) is 1. The van der Waals surface area contributed by atoms with Crippen molar-refractivity contribution in [2.24, 2.45) is 0 Å². The number of aryl methyl sites for hydroxylation is 1. The number of methoxy groups -OCH3 is 1. The van der Waals surface area contributed by atoms with Gasteiger partial charge in [-0.3, -0.25) is 4.90 Å². The summed E-state index contributed by atoms with van der Waals surface area (Å²) < 4.78 is 97.0. The van der Waals surface area contributed by atoms with Crippen LogP contribution in [0.3, 0.4) is 0 Å². The SMILES string of the molecule is COc1cc(F)c(-c2ccc(C(=O)O)cc2C)cc1-c1ccc(N2CC(F)(F)C2)nc1CN1C(=O)OC(c2cccc(OC(F)(F)F)c2)C1C. The number of pyridine rings is 1. The number of rotatable bonds is 9. The molecule has 3 heterocycles. The van der Waals surface area contributed by atoms with E-state index in [0.29, 0.717) is 22.3 Å². The highest BCUT2D eigenvalue weighted by molar-refractivity contribution is 5.89. The number of ether oxygens (including phenoxy) is 3. The largest absolute Gasteiger partial charge is 0.573 e. The van der Waals surface area contributed by atoms with Gasteiger partial charge in [-0.1, -0.05) is 18.2 Å². The molecule has 3 aromatic carbocycles. The summed E-state index contributed by atoms with van der Waals surface area (Å²) in [6.07, 6.45) is -6.74. The second-order valence-corrected chi connectivity index (χ2v) is 12.0. The lowest BCUT2D eigenvalue weighted by atomic mass is 9.93. The zero-order valence-corrected chi connectivity index (χ0v) is 26.7. The van der Waals surface area contributed by atoms with Crippen LogP contribution in [-0.4, -0.2) is 65.6 Å². The number of hydrogen-bond donors (Lipinski definition) is 1. The minimum Gasteiger partial charge on any atom is -0.496 e. The van der Waals surface area contributed by atoms with Gasteiger partial charge in [0.2, 0.25) is 0 Å². The van der Waals surface area contributed by atoms with Crippen LogP contribution in [0.1, 0.15) is 40.2 Å². The Morgan fingerprint density at radius 1 is 1.02 bits per heavy atom. The molecule has 9 nitrogen and oxygen atoms in total. The summed E-state index contributed by atoms with van der Waals surface area (Å²) in [5.41, 5.74) is 2.17. The molecule has 15 heteroatoms. The molecule has 1 amide bonds. The van der Waals surface area contributed by atoms with E-state index in [9.17, 15) is 36.6 Å². The highest BCUT2D eigenvalue weighted by Crippen LogP contribution is 2.42. The Morgan fingerprint density at radius 3 is 2.38 bits per heavy atom. The molecule has 2 fully saturated rings. The van der Waals surface area contributed by atoms with Gasteiger partial charge in [0.1, 0.15) is 29.2 Å². The summed E-state index contributed by atoms with van der Waals surface area (Å²) in [5, 5.41) is 9.39. The molecule has 0 saturated carbocycles. The highest BCUT2D eigenvalue weighted by atomic mass is 19.4. The fourth-order valence-electron chi connectivity index (χ4n) is 6.16. The number of carboxylic acids is 1. The lowest BCUT2D eigenvalue weighted by molar-refractivity contribution is -0.274. The molecular formula is C35H29F6N3O6. The van der Waals surface area contributed by atoms with Crippen molar-refractivity contribution in [3.05, 3.63) is 94.9 Å². The maximum absolute atomic E-state index is 15.6. The summed E-state index contributed by atoms with van der Waals surface area (Å²) >= 11 is 0. The summed E-state index contributed by atoms with van der Waals surface area (Å²) in [6.45, 7) is 1.89. The number of amides is 1. The highest BCUT2D eigenvalue weighted by Gasteiger charge is 2.45. The number of halogens is 6. The van der Waals surface area contributed by atoms with E-state index in [4.69, 9.17) is 9.47 Å². The number of anilines is 1. The molecule has 0 bridgehead atoms. The van der Waals surface area contributed by atoms with Crippen LogP contribution < -0.4 is 14.4 Å². The van der Waals surface area contributed by atoms with Crippen LogP contribution in [0.2, 0.25) is 0 Å². The number of carboxylic acid groups (broad SMARTS) is 1. The minimum absolute atomic E-state index is 0.0172. The van der Waals surface area contributed by atoms with Gasteiger partial charge >= 0.3 is 18.4 Å². The fourth-order valence-corrected chi connectivity index (χ4v) is 6.16. The molecule has 2 aliphatic rings. The number of hydrogen-bond acceptors (Lipinski definition) is 7. The molecular weight excluding hydrogens is 672 g/mol. The first-order valence-corrected chi connectivity index (χ1v) is 15.2. The van der Waals surface area contributed by atoms with Crippen molar-refractivity contribution < 1.29 is 55.2 Å². The molecule has 2 aliphatic heterocycles. The van der Waals surface area contributed by atoms with Crippen molar-refractivity contribution in [3.63, 3.8) is 0 Å². The van der Waals surface area contributed by atoms with Crippen LogP contribution in [0.5, 0.6) is 11.5 Å². The van der Waals surface area contributed by atoms with E-state index in [0.717, 1.165) is 18.2 Å². The van der Waals surface area contributed by atoms with Crippen molar-refractivity contribution in [3.8, 4) is 33.8 Å². The molecule has 0 spiro atoms. The third kappa shape index (κ3) is 6.84. The van der Waals surface area contributed by atoms with Crippen LogP contribution >= 0.6 is 0 Å². The van der Waals surface area contributed by atoms with Gasteiger partial charge in [-0.2, -0.15) is 0 Å². The summed E-state index contributed by atoms with van der Waals surface area (Å²) in [7, 11) is 1.33. The first-order chi connectivity index (χ1) is 23.5. The summed E-state index contributed by atoms with van der Waals surface area (Å²) in [5.74, 6) is -4.92. The zero-order valence-electron chi connectivity index (χ0n) is 26.7. The van der Waals surface area contributed by atoms with E-state index in [1.807, 2.05) is 0 Å². The molecule has 1 aromatic heterocycles. The van der Waals surface area contributed by atoms with Gasteiger partial charge in [-0.15, -0.1) is 13.2 Å². The number of carbonyl (C=O) groups is 2. The number of benzene rings is 3.